The van der Waals surface area contributed by atoms with Crippen LogP contribution in [0.3, 0.4) is 0 Å². The second-order valence-electron chi connectivity index (χ2n) is 8.47. The van der Waals surface area contributed by atoms with Gasteiger partial charge in [-0.05, 0) is 29.3 Å². The highest BCUT2D eigenvalue weighted by molar-refractivity contribution is 7.89. The van der Waals surface area contributed by atoms with Crippen LogP contribution in [0.15, 0.2) is 93.3 Å². The zero-order valence-corrected chi connectivity index (χ0v) is 20.9. The van der Waals surface area contributed by atoms with Crippen LogP contribution in [0.2, 0.25) is 0 Å². The third-order valence-corrected chi connectivity index (χ3v) is 7.88. The maximum Gasteiger partial charge on any atom is 0.330 e. The van der Waals surface area contributed by atoms with Crippen molar-refractivity contribution in [2.24, 2.45) is 14.1 Å². The van der Waals surface area contributed by atoms with Crippen molar-refractivity contribution < 1.29 is 13.2 Å². The van der Waals surface area contributed by atoms with Crippen molar-refractivity contribution in [3.63, 3.8) is 0 Å². The highest BCUT2D eigenvalue weighted by Gasteiger charge is 2.26. The summed E-state index contributed by atoms with van der Waals surface area (Å²) in [5.74, 6) is -0.488. The van der Waals surface area contributed by atoms with E-state index < -0.39 is 39.8 Å². The van der Waals surface area contributed by atoms with Crippen molar-refractivity contribution in [3.8, 4) is 0 Å². The van der Waals surface area contributed by atoms with Gasteiger partial charge in [0.05, 0.1) is 28.4 Å². The number of hydrogen-bond acceptors (Lipinski definition) is 5. The number of likely N-dealkylation sites (N-methyl/N-ethyl adjacent to an activating group) is 1. The molecule has 0 aliphatic heterocycles. The minimum absolute atomic E-state index is 0.0896. The Kier molecular flexibility index (Phi) is 6.91. The molecule has 0 radical (unpaired) electrons. The van der Waals surface area contributed by atoms with Gasteiger partial charge >= 0.3 is 5.69 Å². The molecule has 4 aromatic rings. The number of aryl methyl sites for hydroxylation is 1. The van der Waals surface area contributed by atoms with Crippen LogP contribution in [0, 0.1) is 0 Å². The van der Waals surface area contributed by atoms with E-state index in [1.165, 1.54) is 43.9 Å². The SMILES string of the molecule is CN(CC(=O)NC(c1ccccc1)c1ccccc1)S(=O)(=O)c1ccc2c(c1)c(=O)n(C)c(=O)n2C. The first-order chi connectivity index (χ1) is 17.1. The van der Waals surface area contributed by atoms with E-state index in [4.69, 9.17) is 0 Å². The van der Waals surface area contributed by atoms with Crippen LogP contribution in [0.1, 0.15) is 17.2 Å². The van der Waals surface area contributed by atoms with Crippen LogP contribution >= 0.6 is 0 Å². The first kappa shape index (κ1) is 25.1. The van der Waals surface area contributed by atoms with Crippen molar-refractivity contribution in [1.29, 1.82) is 0 Å². The summed E-state index contributed by atoms with van der Waals surface area (Å²) in [5.41, 5.74) is 0.926. The van der Waals surface area contributed by atoms with Crippen LogP contribution < -0.4 is 16.6 Å². The Balaban J connectivity index is 1.60. The fourth-order valence-corrected chi connectivity index (χ4v) is 5.21. The lowest BCUT2D eigenvalue weighted by atomic mass is 9.99. The number of benzene rings is 3. The predicted molar refractivity (Wildman–Crippen MR) is 137 cm³/mol. The summed E-state index contributed by atoms with van der Waals surface area (Å²) >= 11 is 0. The number of nitrogens with zero attached hydrogens (tertiary/aromatic N) is 3. The molecule has 9 nitrogen and oxygen atoms in total. The molecule has 1 heterocycles. The van der Waals surface area contributed by atoms with Gasteiger partial charge in [0.2, 0.25) is 15.9 Å². The second-order valence-corrected chi connectivity index (χ2v) is 10.5. The van der Waals surface area contributed by atoms with E-state index in [-0.39, 0.29) is 10.3 Å². The molecule has 1 N–H and O–H groups in total. The number of amides is 1. The van der Waals surface area contributed by atoms with E-state index in [1.54, 1.807) is 0 Å². The Morgan fingerprint density at radius 2 is 1.44 bits per heavy atom. The molecular formula is C26H26N4O5S. The average Bonchev–Trinajstić information content (AvgIpc) is 2.89. The molecule has 0 atom stereocenters. The number of hydrogen-bond donors (Lipinski definition) is 1. The molecule has 4 rings (SSSR count). The van der Waals surface area contributed by atoms with Gasteiger partial charge in [-0.2, -0.15) is 4.31 Å². The molecule has 186 valence electrons. The molecule has 10 heteroatoms. The lowest BCUT2D eigenvalue weighted by molar-refractivity contribution is -0.121. The molecule has 0 aliphatic carbocycles. The third-order valence-electron chi connectivity index (χ3n) is 6.08. The molecule has 0 bridgehead atoms. The molecule has 0 saturated heterocycles. The van der Waals surface area contributed by atoms with E-state index in [0.29, 0.717) is 5.52 Å². The first-order valence-corrected chi connectivity index (χ1v) is 12.6. The van der Waals surface area contributed by atoms with Crippen molar-refractivity contribution in [2.45, 2.75) is 10.9 Å². The smallest absolute Gasteiger partial charge is 0.330 e. The number of sulfonamides is 1. The largest absolute Gasteiger partial charge is 0.344 e. The predicted octanol–water partition coefficient (Wildman–Crippen LogP) is 1.76. The molecule has 3 aromatic carbocycles. The first-order valence-electron chi connectivity index (χ1n) is 11.2. The molecule has 0 unspecified atom stereocenters. The minimum Gasteiger partial charge on any atom is -0.344 e. The van der Waals surface area contributed by atoms with Gasteiger partial charge in [-0.1, -0.05) is 60.7 Å². The van der Waals surface area contributed by atoms with E-state index in [1.807, 2.05) is 60.7 Å². The van der Waals surface area contributed by atoms with Gasteiger partial charge in [0.1, 0.15) is 0 Å². The summed E-state index contributed by atoms with van der Waals surface area (Å²) in [5, 5.41) is 3.02. The standard InChI is InChI=1S/C26H26N4O5S/c1-28(17-23(31)27-24(18-10-6-4-7-11-18)19-12-8-5-9-13-19)36(34,35)20-14-15-22-21(16-20)25(32)30(3)26(33)29(22)2/h4-16,24H,17H2,1-3H3,(H,27,31). The maximum absolute atomic E-state index is 13.3. The summed E-state index contributed by atoms with van der Waals surface area (Å²) in [4.78, 5) is 37.6. The lowest BCUT2D eigenvalue weighted by Gasteiger charge is -2.22. The molecule has 0 fully saturated rings. The highest BCUT2D eigenvalue weighted by Crippen LogP contribution is 2.22. The van der Waals surface area contributed by atoms with Crippen molar-refractivity contribution in [2.75, 3.05) is 13.6 Å². The van der Waals surface area contributed by atoms with Gasteiger partial charge in [0, 0.05) is 21.1 Å². The van der Waals surface area contributed by atoms with Crippen LogP contribution in [-0.4, -0.2) is 41.4 Å². The number of carbonyl (C=O) groups excluding carboxylic acids is 1. The van der Waals surface area contributed by atoms with Crippen molar-refractivity contribution in [1.82, 2.24) is 18.8 Å². The second kappa shape index (κ2) is 9.92. The molecule has 36 heavy (non-hydrogen) atoms. The van der Waals surface area contributed by atoms with Gasteiger partial charge in [-0.3, -0.25) is 18.7 Å². The fraction of sp³-hybridized carbons (Fsp3) is 0.192. The van der Waals surface area contributed by atoms with Gasteiger partial charge in [-0.25, -0.2) is 13.2 Å². The Bertz CT molecular complexity index is 1610. The summed E-state index contributed by atoms with van der Waals surface area (Å²) in [6.07, 6.45) is 0. The van der Waals surface area contributed by atoms with E-state index >= 15 is 0 Å². The number of fused-ring (bicyclic) bond motifs is 1. The topological polar surface area (TPSA) is 110 Å². The third kappa shape index (κ3) is 4.73. The Labute approximate surface area is 208 Å². The Hall–Kier alpha value is -4.02. The van der Waals surface area contributed by atoms with Crippen molar-refractivity contribution in [3.05, 3.63) is 111 Å². The van der Waals surface area contributed by atoms with Crippen LogP contribution in [0.4, 0.5) is 0 Å². The van der Waals surface area contributed by atoms with Gasteiger partial charge in [0.15, 0.2) is 0 Å². The highest BCUT2D eigenvalue weighted by atomic mass is 32.2. The minimum atomic E-state index is -4.11. The Morgan fingerprint density at radius 3 is 2.00 bits per heavy atom. The van der Waals surface area contributed by atoms with E-state index in [9.17, 15) is 22.8 Å². The molecule has 0 saturated carbocycles. The van der Waals surface area contributed by atoms with Crippen molar-refractivity contribution >= 4 is 26.8 Å². The monoisotopic (exact) mass is 506 g/mol. The molecule has 1 aromatic heterocycles. The zero-order valence-electron chi connectivity index (χ0n) is 20.1. The van der Waals surface area contributed by atoms with Crippen LogP contribution in [0.25, 0.3) is 10.9 Å². The lowest BCUT2D eigenvalue weighted by Crippen LogP contribution is -2.40. The summed E-state index contributed by atoms with van der Waals surface area (Å²) < 4.78 is 29.6. The van der Waals surface area contributed by atoms with E-state index in [0.717, 1.165) is 20.0 Å². The number of carbonyl (C=O) groups is 1. The zero-order chi connectivity index (χ0) is 26.0. The quantitative estimate of drug-likeness (QED) is 0.411. The molecular weight excluding hydrogens is 480 g/mol. The number of aromatic nitrogens is 2. The summed E-state index contributed by atoms with van der Waals surface area (Å²) in [6, 6.07) is 22.3. The van der Waals surface area contributed by atoms with Gasteiger partial charge < -0.3 is 5.32 Å². The number of rotatable bonds is 7. The van der Waals surface area contributed by atoms with E-state index in [2.05, 4.69) is 5.32 Å². The van der Waals surface area contributed by atoms with Crippen LogP contribution in [-0.2, 0) is 28.9 Å². The fourth-order valence-electron chi connectivity index (χ4n) is 4.06. The summed E-state index contributed by atoms with van der Waals surface area (Å²) in [6.45, 7) is -0.429. The van der Waals surface area contributed by atoms with Crippen LogP contribution in [0.5, 0.6) is 0 Å². The normalized spacial score (nSPS) is 11.8. The Morgan fingerprint density at radius 1 is 0.889 bits per heavy atom. The number of nitrogens with one attached hydrogen (secondary N) is 1. The average molecular weight is 507 g/mol. The summed E-state index contributed by atoms with van der Waals surface area (Å²) in [7, 11) is 0.0330. The van der Waals surface area contributed by atoms with Gasteiger partial charge in [-0.15, -0.1) is 0 Å². The molecule has 0 spiro atoms. The maximum atomic E-state index is 13.3. The van der Waals surface area contributed by atoms with Gasteiger partial charge in [0.25, 0.3) is 5.56 Å². The molecule has 0 aliphatic rings. The molecule has 1 amide bonds.